The van der Waals surface area contributed by atoms with Crippen molar-refractivity contribution in [1.82, 2.24) is 5.32 Å². The lowest BCUT2D eigenvalue weighted by Gasteiger charge is -2.17. The summed E-state index contributed by atoms with van der Waals surface area (Å²) in [6.07, 6.45) is 1.88. The van der Waals surface area contributed by atoms with E-state index in [1.165, 1.54) is 0 Å². The summed E-state index contributed by atoms with van der Waals surface area (Å²) in [5.41, 5.74) is 0.990. The van der Waals surface area contributed by atoms with Gasteiger partial charge in [0.2, 0.25) is 0 Å². The third-order valence-corrected chi connectivity index (χ3v) is 3.20. The fourth-order valence-corrected chi connectivity index (χ4v) is 2.18. The van der Waals surface area contributed by atoms with Gasteiger partial charge < -0.3 is 15.2 Å². The SMILES string of the molecule is O=C(O)[C@@H](Cc1ccccc1)OC[C@@H]1CCCN1. The Morgan fingerprint density at radius 2 is 2.22 bits per heavy atom. The van der Waals surface area contributed by atoms with Gasteiger partial charge in [0.1, 0.15) is 0 Å². The van der Waals surface area contributed by atoms with E-state index in [2.05, 4.69) is 5.32 Å². The van der Waals surface area contributed by atoms with E-state index in [4.69, 9.17) is 9.84 Å². The van der Waals surface area contributed by atoms with Crippen LogP contribution in [0.2, 0.25) is 0 Å². The average Bonchev–Trinajstić information content (AvgIpc) is 2.88. The molecule has 0 unspecified atom stereocenters. The number of rotatable bonds is 6. The lowest BCUT2D eigenvalue weighted by atomic mass is 10.1. The van der Waals surface area contributed by atoms with E-state index in [1.54, 1.807) is 0 Å². The summed E-state index contributed by atoms with van der Waals surface area (Å²) in [6.45, 7) is 1.48. The topological polar surface area (TPSA) is 58.6 Å². The molecule has 1 heterocycles. The van der Waals surface area contributed by atoms with Crippen LogP contribution in [0.3, 0.4) is 0 Å². The van der Waals surface area contributed by atoms with Gasteiger partial charge in [0.05, 0.1) is 6.61 Å². The second-order valence-electron chi connectivity index (χ2n) is 4.64. The lowest BCUT2D eigenvalue weighted by Crippen LogP contribution is -2.33. The van der Waals surface area contributed by atoms with Gasteiger partial charge >= 0.3 is 5.97 Å². The molecule has 1 aliphatic rings. The molecule has 0 aromatic heterocycles. The number of carboxylic acid groups (broad SMARTS) is 1. The Hall–Kier alpha value is -1.39. The summed E-state index contributed by atoms with van der Waals surface area (Å²) in [7, 11) is 0. The first-order valence-electron chi connectivity index (χ1n) is 6.37. The molecule has 2 rings (SSSR count). The van der Waals surface area contributed by atoms with E-state index in [9.17, 15) is 4.79 Å². The summed E-state index contributed by atoms with van der Waals surface area (Å²) in [5.74, 6) is -0.892. The average molecular weight is 249 g/mol. The summed E-state index contributed by atoms with van der Waals surface area (Å²) in [5, 5.41) is 12.5. The number of hydrogen-bond donors (Lipinski definition) is 2. The van der Waals surface area contributed by atoms with Crippen LogP contribution < -0.4 is 5.32 Å². The molecule has 2 N–H and O–H groups in total. The van der Waals surface area contributed by atoms with Crippen LogP contribution in [0.1, 0.15) is 18.4 Å². The fraction of sp³-hybridized carbons (Fsp3) is 0.500. The number of aliphatic carboxylic acids is 1. The zero-order valence-electron chi connectivity index (χ0n) is 10.3. The minimum Gasteiger partial charge on any atom is -0.479 e. The first-order chi connectivity index (χ1) is 8.75. The van der Waals surface area contributed by atoms with Crippen LogP contribution in [0.5, 0.6) is 0 Å². The molecule has 4 nitrogen and oxygen atoms in total. The quantitative estimate of drug-likeness (QED) is 0.801. The predicted molar refractivity (Wildman–Crippen MR) is 68.5 cm³/mol. The molecule has 1 aromatic carbocycles. The number of ether oxygens (including phenoxy) is 1. The van der Waals surface area contributed by atoms with Crippen molar-refractivity contribution in [2.75, 3.05) is 13.2 Å². The summed E-state index contributed by atoms with van der Waals surface area (Å²) in [4.78, 5) is 11.2. The molecular formula is C14H19NO3. The maximum absolute atomic E-state index is 11.2. The molecule has 0 spiro atoms. The van der Waals surface area contributed by atoms with Crippen molar-refractivity contribution in [2.24, 2.45) is 0 Å². The first kappa shape index (κ1) is 13.1. The number of hydrogen-bond acceptors (Lipinski definition) is 3. The Labute approximate surface area is 107 Å². The minimum atomic E-state index is -0.892. The second-order valence-corrected chi connectivity index (χ2v) is 4.64. The molecule has 98 valence electrons. The molecule has 18 heavy (non-hydrogen) atoms. The lowest BCUT2D eigenvalue weighted by molar-refractivity contribution is -0.150. The van der Waals surface area contributed by atoms with Crippen molar-refractivity contribution >= 4 is 5.97 Å². The molecule has 1 aliphatic heterocycles. The second kappa shape index (κ2) is 6.52. The number of carboxylic acids is 1. The van der Waals surface area contributed by atoms with Gasteiger partial charge in [-0.3, -0.25) is 0 Å². The third-order valence-electron chi connectivity index (χ3n) is 3.20. The zero-order valence-corrected chi connectivity index (χ0v) is 10.3. The van der Waals surface area contributed by atoms with Crippen LogP contribution >= 0.6 is 0 Å². The van der Waals surface area contributed by atoms with Gasteiger partial charge in [-0.25, -0.2) is 4.79 Å². The van der Waals surface area contributed by atoms with Crippen LogP contribution in [-0.4, -0.2) is 36.4 Å². The van der Waals surface area contributed by atoms with Gasteiger partial charge in [0, 0.05) is 12.5 Å². The van der Waals surface area contributed by atoms with Crippen molar-refractivity contribution in [3.05, 3.63) is 35.9 Å². The van der Waals surface area contributed by atoms with Crippen LogP contribution in [0.25, 0.3) is 0 Å². The molecule has 0 saturated carbocycles. The molecule has 4 heteroatoms. The van der Waals surface area contributed by atoms with Gasteiger partial charge in [-0.1, -0.05) is 30.3 Å². The van der Waals surface area contributed by atoms with Crippen molar-refractivity contribution in [2.45, 2.75) is 31.4 Å². The number of benzene rings is 1. The van der Waals surface area contributed by atoms with Crippen LogP contribution in [0, 0.1) is 0 Å². The van der Waals surface area contributed by atoms with E-state index in [-0.39, 0.29) is 0 Å². The normalized spacial score (nSPS) is 20.8. The van der Waals surface area contributed by atoms with E-state index in [1.807, 2.05) is 30.3 Å². The highest BCUT2D eigenvalue weighted by Crippen LogP contribution is 2.10. The highest BCUT2D eigenvalue weighted by atomic mass is 16.5. The van der Waals surface area contributed by atoms with Gasteiger partial charge in [-0.05, 0) is 24.9 Å². The molecule has 0 radical (unpaired) electrons. The van der Waals surface area contributed by atoms with Crippen LogP contribution in [0.4, 0.5) is 0 Å². The Morgan fingerprint density at radius 3 is 2.83 bits per heavy atom. The first-order valence-corrected chi connectivity index (χ1v) is 6.37. The van der Waals surface area contributed by atoms with E-state index in [0.29, 0.717) is 19.1 Å². The van der Waals surface area contributed by atoms with Crippen LogP contribution in [0.15, 0.2) is 30.3 Å². The van der Waals surface area contributed by atoms with Crippen molar-refractivity contribution in [3.8, 4) is 0 Å². The largest absolute Gasteiger partial charge is 0.479 e. The van der Waals surface area contributed by atoms with Crippen molar-refractivity contribution < 1.29 is 14.6 Å². The molecule has 0 aliphatic carbocycles. The molecule has 1 saturated heterocycles. The molecule has 1 fully saturated rings. The maximum Gasteiger partial charge on any atom is 0.333 e. The monoisotopic (exact) mass is 249 g/mol. The Bertz CT molecular complexity index is 374. The zero-order chi connectivity index (χ0) is 12.8. The highest BCUT2D eigenvalue weighted by molar-refractivity contribution is 5.72. The third kappa shape index (κ3) is 3.82. The Balaban J connectivity index is 1.85. The number of nitrogens with one attached hydrogen (secondary N) is 1. The molecule has 2 atom stereocenters. The predicted octanol–water partition coefficient (Wildman–Crippen LogP) is 1.45. The maximum atomic E-state index is 11.2. The Kier molecular flexibility index (Phi) is 4.73. The van der Waals surface area contributed by atoms with Gasteiger partial charge in [0.15, 0.2) is 6.10 Å². The molecule has 1 aromatic rings. The van der Waals surface area contributed by atoms with E-state index >= 15 is 0 Å². The van der Waals surface area contributed by atoms with Gasteiger partial charge in [0.25, 0.3) is 0 Å². The van der Waals surface area contributed by atoms with Gasteiger partial charge in [-0.15, -0.1) is 0 Å². The van der Waals surface area contributed by atoms with E-state index in [0.717, 1.165) is 24.9 Å². The Morgan fingerprint density at radius 1 is 1.44 bits per heavy atom. The van der Waals surface area contributed by atoms with E-state index < -0.39 is 12.1 Å². The van der Waals surface area contributed by atoms with Crippen molar-refractivity contribution in [3.63, 3.8) is 0 Å². The summed E-state index contributed by atoms with van der Waals surface area (Å²) < 4.78 is 5.53. The van der Waals surface area contributed by atoms with Gasteiger partial charge in [-0.2, -0.15) is 0 Å². The summed E-state index contributed by atoms with van der Waals surface area (Å²) in [6, 6.07) is 9.89. The fourth-order valence-electron chi connectivity index (χ4n) is 2.18. The molecule has 0 amide bonds. The highest BCUT2D eigenvalue weighted by Gasteiger charge is 2.22. The minimum absolute atomic E-state index is 0.308. The summed E-state index contributed by atoms with van der Waals surface area (Å²) >= 11 is 0. The molecule has 0 bridgehead atoms. The number of carbonyl (C=O) groups is 1. The molecular weight excluding hydrogens is 230 g/mol. The smallest absolute Gasteiger partial charge is 0.333 e. The van der Waals surface area contributed by atoms with Crippen LogP contribution in [-0.2, 0) is 16.0 Å². The standard InChI is InChI=1S/C14H19NO3/c16-14(17)13(9-11-5-2-1-3-6-11)18-10-12-7-4-8-15-12/h1-3,5-6,12-13,15H,4,7-10H2,(H,16,17)/t12-,13+/m0/s1. The van der Waals surface area contributed by atoms with Crippen molar-refractivity contribution in [1.29, 1.82) is 0 Å².